The molecule has 0 atom stereocenters. The second-order valence-electron chi connectivity index (χ2n) is 4.60. The normalized spacial score (nSPS) is 10.6. The highest BCUT2D eigenvalue weighted by molar-refractivity contribution is 5.93. The number of nitrogens with one attached hydrogen (secondary N) is 2. The molecule has 7 heteroatoms. The standard InChI is InChI=1S/C15H11F2N3O2/c16-11-1-2-12(17)10(5-11)7-18-15(21)14-6-13(19-20-14)9-3-4-22-8-9/h1-6,8H,7H2,(H,18,21)(H,19,20). The van der Waals surface area contributed by atoms with Crippen molar-refractivity contribution in [1.82, 2.24) is 15.5 Å². The summed E-state index contributed by atoms with van der Waals surface area (Å²) in [5, 5.41) is 9.07. The van der Waals surface area contributed by atoms with E-state index in [4.69, 9.17) is 4.42 Å². The molecule has 0 aliphatic heterocycles. The second-order valence-corrected chi connectivity index (χ2v) is 4.60. The third-order valence-electron chi connectivity index (χ3n) is 3.09. The van der Waals surface area contributed by atoms with Gasteiger partial charge < -0.3 is 9.73 Å². The van der Waals surface area contributed by atoms with Gasteiger partial charge in [-0.1, -0.05) is 0 Å². The van der Waals surface area contributed by atoms with Gasteiger partial charge in [-0.05, 0) is 30.3 Å². The van der Waals surface area contributed by atoms with Gasteiger partial charge in [-0.3, -0.25) is 9.89 Å². The van der Waals surface area contributed by atoms with Crippen LogP contribution in [0.25, 0.3) is 11.3 Å². The van der Waals surface area contributed by atoms with Gasteiger partial charge in [0.1, 0.15) is 17.3 Å². The van der Waals surface area contributed by atoms with Crippen LogP contribution in [0.3, 0.4) is 0 Å². The Morgan fingerprint density at radius 3 is 2.91 bits per heavy atom. The zero-order valence-corrected chi connectivity index (χ0v) is 11.3. The highest BCUT2D eigenvalue weighted by atomic mass is 19.1. The van der Waals surface area contributed by atoms with Crippen molar-refractivity contribution in [1.29, 1.82) is 0 Å². The van der Waals surface area contributed by atoms with Crippen LogP contribution in [0.2, 0.25) is 0 Å². The maximum Gasteiger partial charge on any atom is 0.269 e. The molecule has 112 valence electrons. The monoisotopic (exact) mass is 303 g/mol. The summed E-state index contributed by atoms with van der Waals surface area (Å²) in [6.45, 7) is -0.123. The molecule has 0 fully saturated rings. The van der Waals surface area contributed by atoms with Crippen LogP contribution < -0.4 is 5.32 Å². The molecule has 0 radical (unpaired) electrons. The number of furan rings is 1. The number of amides is 1. The van der Waals surface area contributed by atoms with Gasteiger partial charge in [-0.2, -0.15) is 5.10 Å². The molecule has 0 unspecified atom stereocenters. The molecule has 0 aliphatic rings. The highest BCUT2D eigenvalue weighted by Gasteiger charge is 2.12. The number of carbonyl (C=O) groups excluding carboxylic acids is 1. The summed E-state index contributed by atoms with van der Waals surface area (Å²) in [5.41, 5.74) is 1.57. The van der Waals surface area contributed by atoms with Gasteiger partial charge in [0.05, 0.1) is 18.2 Å². The molecule has 0 bridgehead atoms. The van der Waals surface area contributed by atoms with Gasteiger partial charge in [0, 0.05) is 17.7 Å². The maximum atomic E-state index is 13.5. The Balaban J connectivity index is 1.69. The number of aromatic nitrogens is 2. The summed E-state index contributed by atoms with van der Waals surface area (Å²) in [5.74, 6) is -1.61. The van der Waals surface area contributed by atoms with Crippen LogP contribution in [-0.2, 0) is 6.54 Å². The van der Waals surface area contributed by atoms with E-state index >= 15 is 0 Å². The molecule has 0 aliphatic carbocycles. The fourth-order valence-corrected chi connectivity index (χ4v) is 1.95. The van der Waals surface area contributed by atoms with Crippen LogP contribution >= 0.6 is 0 Å². The minimum atomic E-state index is -0.578. The topological polar surface area (TPSA) is 70.9 Å². The Kier molecular flexibility index (Phi) is 3.69. The molecule has 0 saturated heterocycles. The van der Waals surface area contributed by atoms with Crippen LogP contribution in [0.5, 0.6) is 0 Å². The van der Waals surface area contributed by atoms with Crippen molar-refractivity contribution in [3.63, 3.8) is 0 Å². The van der Waals surface area contributed by atoms with Gasteiger partial charge >= 0.3 is 0 Å². The smallest absolute Gasteiger partial charge is 0.269 e. The number of H-pyrrole nitrogens is 1. The van der Waals surface area contributed by atoms with Crippen LogP contribution in [-0.4, -0.2) is 16.1 Å². The summed E-state index contributed by atoms with van der Waals surface area (Å²) in [7, 11) is 0. The van der Waals surface area contributed by atoms with Gasteiger partial charge in [-0.25, -0.2) is 8.78 Å². The van der Waals surface area contributed by atoms with E-state index in [1.54, 1.807) is 12.1 Å². The predicted octanol–water partition coefficient (Wildman–Crippen LogP) is 2.88. The van der Waals surface area contributed by atoms with Gasteiger partial charge in [-0.15, -0.1) is 0 Å². The summed E-state index contributed by atoms with van der Waals surface area (Å²) >= 11 is 0. The van der Waals surface area contributed by atoms with Crippen molar-refractivity contribution >= 4 is 5.91 Å². The number of aromatic amines is 1. The lowest BCUT2D eigenvalue weighted by molar-refractivity contribution is 0.0945. The third-order valence-corrected chi connectivity index (χ3v) is 3.09. The summed E-state index contributed by atoms with van der Waals surface area (Å²) in [6, 6.07) is 6.33. The first kappa shape index (κ1) is 14.0. The van der Waals surface area contributed by atoms with Crippen molar-refractivity contribution < 1.29 is 18.0 Å². The van der Waals surface area contributed by atoms with Crippen LogP contribution in [0.4, 0.5) is 8.78 Å². The van der Waals surface area contributed by atoms with E-state index in [1.165, 1.54) is 12.5 Å². The largest absolute Gasteiger partial charge is 0.472 e. The number of nitrogens with zero attached hydrogens (tertiary/aromatic N) is 1. The lowest BCUT2D eigenvalue weighted by atomic mass is 10.2. The lowest BCUT2D eigenvalue weighted by Crippen LogP contribution is -2.23. The maximum absolute atomic E-state index is 13.5. The number of rotatable bonds is 4. The van der Waals surface area contributed by atoms with Crippen LogP contribution in [0, 0.1) is 11.6 Å². The highest BCUT2D eigenvalue weighted by Crippen LogP contribution is 2.17. The summed E-state index contributed by atoms with van der Waals surface area (Å²) in [6.07, 6.45) is 3.00. The first-order chi connectivity index (χ1) is 10.6. The van der Waals surface area contributed by atoms with Crippen molar-refractivity contribution in [2.45, 2.75) is 6.54 Å². The van der Waals surface area contributed by atoms with E-state index in [-0.39, 0.29) is 17.8 Å². The van der Waals surface area contributed by atoms with Crippen LogP contribution in [0.1, 0.15) is 16.1 Å². The molecule has 0 saturated carbocycles. The zero-order valence-electron chi connectivity index (χ0n) is 11.3. The average molecular weight is 303 g/mol. The van der Waals surface area contributed by atoms with Crippen molar-refractivity contribution in [2.24, 2.45) is 0 Å². The quantitative estimate of drug-likeness (QED) is 0.778. The molecule has 1 aromatic carbocycles. The van der Waals surface area contributed by atoms with Gasteiger partial charge in [0.15, 0.2) is 0 Å². The van der Waals surface area contributed by atoms with E-state index in [1.807, 2.05) is 0 Å². The molecular weight excluding hydrogens is 292 g/mol. The van der Waals surface area contributed by atoms with Gasteiger partial charge in [0.25, 0.3) is 5.91 Å². The predicted molar refractivity (Wildman–Crippen MR) is 73.8 cm³/mol. The van der Waals surface area contributed by atoms with Crippen LogP contribution in [0.15, 0.2) is 47.3 Å². The number of hydrogen-bond donors (Lipinski definition) is 2. The Bertz CT molecular complexity index is 797. The SMILES string of the molecule is O=C(NCc1cc(F)ccc1F)c1cc(-c2ccoc2)n[nH]1. The zero-order chi connectivity index (χ0) is 15.5. The Hall–Kier alpha value is -2.96. The van der Waals surface area contributed by atoms with E-state index in [0.29, 0.717) is 5.69 Å². The minimum absolute atomic E-state index is 0.0722. The van der Waals surface area contributed by atoms with E-state index in [2.05, 4.69) is 15.5 Å². The fourth-order valence-electron chi connectivity index (χ4n) is 1.95. The Morgan fingerprint density at radius 2 is 2.14 bits per heavy atom. The third kappa shape index (κ3) is 2.88. The molecule has 1 amide bonds. The van der Waals surface area contributed by atoms with Gasteiger partial charge in [0.2, 0.25) is 0 Å². The van der Waals surface area contributed by atoms with E-state index in [0.717, 1.165) is 23.8 Å². The molecule has 0 spiro atoms. The average Bonchev–Trinajstić information content (AvgIpc) is 3.18. The Morgan fingerprint density at radius 1 is 1.27 bits per heavy atom. The number of halogens is 2. The first-order valence-corrected chi connectivity index (χ1v) is 6.43. The summed E-state index contributed by atoms with van der Waals surface area (Å²) in [4.78, 5) is 12.0. The van der Waals surface area contributed by atoms with E-state index < -0.39 is 17.5 Å². The van der Waals surface area contributed by atoms with E-state index in [9.17, 15) is 13.6 Å². The van der Waals surface area contributed by atoms with Crippen molar-refractivity contribution in [3.8, 4) is 11.3 Å². The minimum Gasteiger partial charge on any atom is -0.472 e. The number of benzene rings is 1. The molecule has 3 rings (SSSR count). The van der Waals surface area contributed by atoms with Crippen molar-refractivity contribution in [3.05, 3.63) is 65.7 Å². The fraction of sp³-hybridized carbons (Fsp3) is 0.0667. The van der Waals surface area contributed by atoms with Crippen molar-refractivity contribution in [2.75, 3.05) is 0 Å². The number of hydrogen-bond acceptors (Lipinski definition) is 3. The molecular formula is C15H11F2N3O2. The second kappa shape index (κ2) is 5.80. The molecule has 2 N–H and O–H groups in total. The Labute approximate surface area is 124 Å². The molecule has 2 heterocycles. The first-order valence-electron chi connectivity index (χ1n) is 6.43. The molecule has 3 aromatic rings. The molecule has 2 aromatic heterocycles. The summed E-state index contributed by atoms with van der Waals surface area (Å²) < 4.78 is 31.5. The lowest BCUT2D eigenvalue weighted by Gasteiger charge is -2.05. The molecule has 22 heavy (non-hydrogen) atoms. The molecule has 5 nitrogen and oxygen atoms in total. The number of carbonyl (C=O) groups is 1.